The summed E-state index contributed by atoms with van der Waals surface area (Å²) in [6, 6.07) is -0.0396. The van der Waals surface area contributed by atoms with Crippen LogP contribution in [-0.4, -0.2) is 71.7 Å². The molecule has 32 heavy (non-hydrogen) atoms. The van der Waals surface area contributed by atoms with Crippen LogP contribution in [0.25, 0.3) is 0 Å². The Hall–Kier alpha value is -1.66. The van der Waals surface area contributed by atoms with Crippen LogP contribution < -0.4 is 0 Å². The Kier molecular flexibility index (Phi) is 24.6. The zero-order valence-corrected chi connectivity index (χ0v) is 22.3. The summed E-state index contributed by atoms with van der Waals surface area (Å²) in [6.07, 6.45) is 4.97. The molecule has 1 aliphatic rings. The molecule has 6 heteroatoms. The van der Waals surface area contributed by atoms with Crippen molar-refractivity contribution in [1.29, 1.82) is 0 Å². The number of carbonyl (C=O) groups is 4. The van der Waals surface area contributed by atoms with Crippen molar-refractivity contribution in [3.05, 3.63) is 12.2 Å². The molecule has 0 heterocycles. The predicted octanol–water partition coefficient (Wildman–Crippen LogP) is 4.89. The Bertz CT molecular complexity index is 546. The van der Waals surface area contributed by atoms with Gasteiger partial charge < -0.3 is 4.79 Å². The van der Waals surface area contributed by atoms with Gasteiger partial charge in [0.2, 0.25) is 0 Å². The second-order valence-corrected chi connectivity index (χ2v) is 7.22. The van der Waals surface area contributed by atoms with Crippen LogP contribution in [-0.2, 0) is 19.2 Å². The molecule has 0 bridgehead atoms. The molecule has 0 saturated heterocycles. The fraction of sp³-hybridized carbons (Fsp3) is 0.769. The van der Waals surface area contributed by atoms with Gasteiger partial charge in [-0.1, -0.05) is 67.9 Å². The number of rotatable bonds is 12. The average molecular weight is 455 g/mol. The van der Waals surface area contributed by atoms with Gasteiger partial charge in [-0.15, -0.1) is 0 Å². The summed E-state index contributed by atoms with van der Waals surface area (Å²) in [5.74, 6) is 0.00450. The normalized spacial score (nSPS) is 17.0. The lowest BCUT2D eigenvalue weighted by Crippen LogP contribution is -2.56. The average Bonchev–Trinajstić information content (AvgIpc) is 2.81. The molecule has 2 atom stereocenters. The monoisotopic (exact) mass is 454 g/mol. The smallest absolute Gasteiger partial charge is 0.171 e. The Morgan fingerprint density at radius 3 is 1.69 bits per heavy atom. The number of carbonyl (C=O) groups excluding carboxylic acids is 4. The molecule has 0 amide bonds. The Balaban J connectivity index is -0.00000129. The number of hydrogen-bond donors (Lipinski definition) is 0. The lowest BCUT2D eigenvalue weighted by atomic mass is 9.87. The van der Waals surface area contributed by atoms with E-state index < -0.39 is 0 Å². The van der Waals surface area contributed by atoms with Gasteiger partial charge in [0.1, 0.15) is 17.9 Å². The minimum atomic E-state index is -0.0813. The van der Waals surface area contributed by atoms with Crippen LogP contribution in [0.5, 0.6) is 0 Å². The van der Waals surface area contributed by atoms with E-state index in [-0.39, 0.29) is 55.6 Å². The predicted molar refractivity (Wildman–Crippen MR) is 135 cm³/mol. The fourth-order valence-corrected chi connectivity index (χ4v) is 3.59. The first kappa shape index (κ1) is 34.9. The number of hydrogen-bond acceptors (Lipinski definition) is 6. The Morgan fingerprint density at radius 1 is 0.844 bits per heavy atom. The molecule has 0 N–H and O–H groups in total. The third kappa shape index (κ3) is 14.4. The van der Waals surface area contributed by atoms with Crippen LogP contribution in [0.1, 0.15) is 94.4 Å². The molecule has 1 rings (SSSR count). The van der Waals surface area contributed by atoms with E-state index in [1.165, 1.54) is 6.92 Å². The Morgan fingerprint density at radius 2 is 1.31 bits per heavy atom. The van der Waals surface area contributed by atoms with Gasteiger partial charge in [-0.25, -0.2) is 0 Å². The molecule has 0 aromatic heterocycles. The Labute approximate surface area is 197 Å². The van der Waals surface area contributed by atoms with Crippen molar-refractivity contribution in [2.75, 3.05) is 26.2 Å². The first-order valence-corrected chi connectivity index (χ1v) is 12.4. The first-order chi connectivity index (χ1) is 15.3. The molecule has 0 radical (unpaired) electrons. The first-order valence-electron chi connectivity index (χ1n) is 12.4. The molecule has 1 saturated carbocycles. The van der Waals surface area contributed by atoms with Gasteiger partial charge in [-0.2, -0.15) is 0 Å². The van der Waals surface area contributed by atoms with Crippen molar-refractivity contribution >= 4 is 23.6 Å². The highest BCUT2D eigenvalue weighted by Gasteiger charge is 2.35. The zero-order chi connectivity index (χ0) is 25.7. The molecule has 0 spiro atoms. The molecule has 6 nitrogen and oxygen atoms in total. The summed E-state index contributed by atoms with van der Waals surface area (Å²) in [5, 5.41) is 0. The highest BCUT2D eigenvalue weighted by molar-refractivity contribution is 5.96. The fourth-order valence-electron chi connectivity index (χ4n) is 3.59. The lowest BCUT2D eigenvalue weighted by molar-refractivity contribution is -0.126. The third-order valence-corrected chi connectivity index (χ3v) is 4.96. The summed E-state index contributed by atoms with van der Waals surface area (Å²) < 4.78 is 0. The van der Waals surface area contributed by atoms with Crippen molar-refractivity contribution in [2.24, 2.45) is 0 Å². The number of aldehydes is 1. The summed E-state index contributed by atoms with van der Waals surface area (Å²) >= 11 is 0. The summed E-state index contributed by atoms with van der Waals surface area (Å²) in [4.78, 5) is 51.0. The molecule has 0 aromatic rings. The van der Waals surface area contributed by atoms with E-state index in [9.17, 15) is 19.2 Å². The van der Waals surface area contributed by atoms with Crippen molar-refractivity contribution in [1.82, 2.24) is 9.80 Å². The van der Waals surface area contributed by atoms with E-state index in [4.69, 9.17) is 0 Å². The van der Waals surface area contributed by atoms with E-state index in [0.29, 0.717) is 12.0 Å². The van der Waals surface area contributed by atoms with Crippen LogP contribution in [0.4, 0.5) is 0 Å². The number of ketones is 3. The quantitative estimate of drug-likeness (QED) is 0.309. The van der Waals surface area contributed by atoms with E-state index in [1.807, 2.05) is 58.3 Å². The highest BCUT2D eigenvalue weighted by atomic mass is 16.1. The van der Waals surface area contributed by atoms with Gasteiger partial charge in [-0.05, 0) is 32.3 Å². The van der Waals surface area contributed by atoms with E-state index >= 15 is 0 Å². The maximum atomic E-state index is 12.2. The van der Waals surface area contributed by atoms with Crippen LogP contribution in [0.15, 0.2) is 12.2 Å². The van der Waals surface area contributed by atoms with Crippen LogP contribution in [0.3, 0.4) is 0 Å². The van der Waals surface area contributed by atoms with Crippen molar-refractivity contribution in [3.63, 3.8) is 0 Å². The van der Waals surface area contributed by atoms with Gasteiger partial charge >= 0.3 is 0 Å². The molecule has 1 aliphatic carbocycles. The topological polar surface area (TPSA) is 74.8 Å². The lowest BCUT2D eigenvalue weighted by Gasteiger charge is -2.44. The molecule has 0 aromatic carbocycles. The van der Waals surface area contributed by atoms with Gasteiger partial charge in [-0.3, -0.25) is 24.2 Å². The second kappa shape index (κ2) is 22.5. The van der Waals surface area contributed by atoms with Gasteiger partial charge in [0.15, 0.2) is 5.78 Å². The summed E-state index contributed by atoms with van der Waals surface area (Å²) in [5.41, 5.74) is 0.469. The maximum Gasteiger partial charge on any atom is 0.171 e. The number of nitrogens with zero attached hydrogens (tertiary/aromatic N) is 2. The van der Waals surface area contributed by atoms with E-state index in [1.54, 1.807) is 6.92 Å². The second-order valence-electron chi connectivity index (χ2n) is 7.22. The maximum absolute atomic E-state index is 12.2. The van der Waals surface area contributed by atoms with Gasteiger partial charge in [0.05, 0.1) is 26.2 Å². The summed E-state index contributed by atoms with van der Waals surface area (Å²) in [7, 11) is 0. The van der Waals surface area contributed by atoms with Crippen LogP contribution >= 0.6 is 0 Å². The minimum absolute atomic E-state index is 0.00425. The van der Waals surface area contributed by atoms with Crippen molar-refractivity contribution in [3.8, 4) is 0 Å². The summed E-state index contributed by atoms with van der Waals surface area (Å²) in [6.45, 7) is 21.5. The molecule has 188 valence electrons. The minimum Gasteiger partial charge on any atom is -0.302 e. The third-order valence-electron chi connectivity index (χ3n) is 4.96. The van der Waals surface area contributed by atoms with Crippen LogP contribution in [0, 0.1) is 0 Å². The molecule has 1 fully saturated rings. The molecular formula is C26H50N2O4. The molecule has 0 aliphatic heterocycles. The van der Waals surface area contributed by atoms with Crippen molar-refractivity contribution in [2.45, 2.75) is 107 Å². The van der Waals surface area contributed by atoms with Gasteiger partial charge in [0, 0.05) is 18.5 Å². The largest absolute Gasteiger partial charge is 0.302 e. The standard InChI is InChI=1S/C20H32N2O4.3C2H6/c1-5-17(25)13-21(10-11-23)18-8-6-7-9-19(18)22(12-16(4)24)14-20(26)15(2)3;3*1-2/h11,18-19H,2,5-10,12-14H2,1,3-4H3;3*1-2H3. The SMILES string of the molecule is C=C(C)C(=O)CN(CC(C)=O)C1CCCCC1N(CC=O)CC(=O)CC.CC.CC.CC. The zero-order valence-electron chi connectivity index (χ0n) is 22.3. The van der Waals surface area contributed by atoms with Gasteiger partial charge in [0.25, 0.3) is 0 Å². The van der Waals surface area contributed by atoms with E-state index in [0.717, 1.165) is 32.0 Å². The highest BCUT2D eigenvalue weighted by Crippen LogP contribution is 2.27. The molecule has 2 unspecified atom stereocenters. The van der Waals surface area contributed by atoms with Crippen LogP contribution in [0.2, 0.25) is 0 Å². The van der Waals surface area contributed by atoms with Crippen molar-refractivity contribution < 1.29 is 19.2 Å². The van der Waals surface area contributed by atoms with E-state index in [2.05, 4.69) is 6.58 Å². The number of Topliss-reactive ketones (excluding diaryl/α,β-unsaturated/α-hetero) is 3. The molecular weight excluding hydrogens is 404 g/mol.